The maximum atomic E-state index is 13.9. The number of hydrogen-bond donors (Lipinski definition) is 2. The SMILES string of the molecule is Cn1cncn1.[NH-]CCCOc1ccc(C2Cc3n[nH]c(=O)c4cc(F)cc(c34)N2)cc1.[W]. The standard InChI is InChI=1S/C19H18FN4O2.C3H5N3.W/c20-12-8-14-18-16(9-12)22-15(10-17(18)23-24-19(14)25)11-2-4-13(5-3-11)26-7-1-6-21;1-6-3-4-2-5-6;/h2-5,8-9,15,21-22H,1,6-7,10H2,(H,24,25);2-3H,1H3;/q-1;;. The van der Waals surface area contributed by atoms with Gasteiger partial charge in [0, 0.05) is 45.6 Å². The Labute approximate surface area is 203 Å². The molecule has 0 radical (unpaired) electrons. The molecular weight excluding hydrogens is 597 g/mol. The first-order valence-corrected chi connectivity index (χ1v) is 10.2. The molecule has 4 aromatic rings. The Balaban J connectivity index is 0.000000382. The van der Waals surface area contributed by atoms with Gasteiger partial charge in [-0.1, -0.05) is 12.1 Å². The fourth-order valence-corrected chi connectivity index (χ4v) is 3.55. The summed E-state index contributed by atoms with van der Waals surface area (Å²) in [6, 6.07) is 10.3. The Morgan fingerprint density at radius 3 is 2.70 bits per heavy atom. The van der Waals surface area contributed by atoms with E-state index < -0.39 is 5.82 Å². The Morgan fingerprint density at radius 2 is 2.06 bits per heavy atom. The van der Waals surface area contributed by atoms with Gasteiger partial charge in [-0.2, -0.15) is 10.2 Å². The van der Waals surface area contributed by atoms with E-state index in [9.17, 15) is 9.18 Å². The number of aryl methyl sites for hydroxylation is 1. The molecule has 0 fully saturated rings. The molecule has 2 aromatic carbocycles. The van der Waals surface area contributed by atoms with E-state index in [4.69, 9.17) is 10.5 Å². The maximum Gasteiger partial charge on any atom is 0.272 e. The number of nitrogens with zero attached hydrogens (tertiary/aromatic N) is 4. The van der Waals surface area contributed by atoms with Gasteiger partial charge in [0.15, 0.2) is 0 Å². The van der Waals surface area contributed by atoms with Crippen LogP contribution in [0.4, 0.5) is 10.1 Å². The number of nitrogens with one attached hydrogen (secondary N) is 3. The number of ether oxygens (including phenoxy) is 1. The number of H-pyrrole nitrogens is 1. The Kier molecular flexibility index (Phi) is 8.30. The summed E-state index contributed by atoms with van der Waals surface area (Å²) in [6.07, 6.45) is 4.42. The fraction of sp³-hybridized carbons (Fsp3) is 0.273. The number of anilines is 1. The molecule has 5 rings (SSSR count). The van der Waals surface area contributed by atoms with Gasteiger partial charge in [0.25, 0.3) is 5.56 Å². The summed E-state index contributed by atoms with van der Waals surface area (Å²) in [6.45, 7) is 0.872. The van der Waals surface area contributed by atoms with E-state index in [-0.39, 0.29) is 32.7 Å². The maximum absolute atomic E-state index is 13.9. The van der Waals surface area contributed by atoms with Gasteiger partial charge in [0.2, 0.25) is 0 Å². The molecule has 3 N–H and O–H groups in total. The van der Waals surface area contributed by atoms with Gasteiger partial charge in [-0.15, -0.1) is 6.54 Å². The summed E-state index contributed by atoms with van der Waals surface area (Å²) in [7, 11) is 1.83. The summed E-state index contributed by atoms with van der Waals surface area (Å²) < 4.78 is 21.1. The third-order valence-electron chi connectivity index (χ3n) is 5.06. The van der Waals surface area contributed by atoms with Crippen molar-refractivity contribution in [3.8, 4) is 5.75 Å². The number of aromatic amines is 1. The summed E-state index contributed by atoms with van der Waals surface area (Å²) in [5, 5.41) is 14.7. The second-order valence-corrected chi connectivity index (χ2v) is 7.37. The van der Waals surface area contributed by atoms with Gasteiger partial charge in [0.05, 0.1) is 23.7 Å². The molecule has 0 bridgehead atoms. The number of hydrogen-bond acceptors (Lipinski definition) is 6. The molecule has 2 aromatic heterocycles. The van der Waals surface area contributed by atoms with E-state index in [1.54, 1.807) is 11.0 Å². The summed E-state index contributed by atoms with van der Waals surface area (Å²) in [5.41, 5.74) is 9.09. The van der Waals surface area contributed by atoms with Crippen molar-refractivity contribution >= 4 is 16.5 Å². The third kappa shape index (κ3) is 5.83. The molecule has 9 nitrogen and oxygen atoms in total. The van der Waals surface area contributed by atoms with Gasteiger partial charge in [-0.3, -0.25) is 9.48 Å². The van der Waals surface area contributed by atoms with Gasteiger partial charge >= 0.3 is 0 Å². The monoisotopic (exact) mass is 620 g/mol. The molecule has 0 saturated heterocycles. The zero-order valence-electron chi connectivity index (χ0n) is 17.9. The average Bonchev–Trinajstić information content (AvgIpc) is 3.28. The molecule has 0 saturated carbocycles. The Morgan fingerprint density at radius 1 is 1.27 bits per heavy atom. The molecule has 1 atom stereocenters. The van der Waals surface area contributed by atoms with E-state index in [1.807, 2.05) is 31.3 Å². The van der Waals surface area contributed by atoms with Crippen LogP contribution in [0.25, 0.3) is 16.5 Å². The molecule has 0 spiro atoms. The zero-order chi connectivity index (χ0) is 22.5. The minimum Gasteiger partial charge on any atom is -0.677 e. The van der Waals surface area contributed by atoms with Crippen LogP contribution in [-0.2, 0) is 34.5 Å². The van der Waals surface area contributed by atoms with E-state index >= 15 is 0 Å². The molecule has 0 aliphatic carbocycles. The predicted octanol–water partition coefficient (Wildman–Crippen LogP) is 3.41. The number of halogens is 1. The van der Waals surface area contributed by atoms with Crippen LogP contribution in [0.3, 0.4) is 0 Å². The molecule has 11 heteroatoms. The van der Waals surface area contributed by atoms with Gasteiger partial charge < -0.3 is 15.8 Å². The Bertz CT molecular complexity index is 1250. The van der Waals surface area contributed by atoms with E-state index in [0.717, 1.165) is 17.0 Å². The van der Waals surface area contributed by atoms with E-state index in [0.29, 0.717) is 42.5 Å². The van der Waals surface area contributed by atoms with Gasteiger partial charge in [0.1, 0.15) is 24.2 Å². The third-order valence-corrected chi connectivity index (χ3v) is 5.06. The molecular formula is C22H23FN7O2W-. The van der Waals surface area contributed by atoms with Crippen molar-refractivity contribution in [2.45, 2.75) is 18.9 Å². The van der Waals surface area contributed by atoms with Crippen LogP contribution in [0.2, 0.25) is 0 Å². The van der Waals surface area contributed by atoms with Gasteiger partial charge in [-0.25, -0.2) is 14.5 Å². The molecule has 1 aliphatic rings. The largest absolute Gasteiger partial charge is 0.677 e. The van der Waals surface area contributed by atoms with Crippen molar-refractivity contribution < 1.29 is 30.2 Å². The first kappa shape index (κ1) is 24.5. The van der Waals surface area contributed by atoms with Gasteiger partial charge in [-0.05, 0) is 36.2 Å². The average molecular weight is 620 g/mol. The molecule has 1 aliphatic heterocycles. The van der Waals surface area contributed by atoms with Crippen molar-refractivity contribution in [1.29, 1.82) is 0 Å². The zero-order valence-corrected chi connectivity index (χ0v) is 20.8. The van der Waals surface area contributed by atoms with Crippen molar-refractivity contribution in [3.05, 3.63) is 82.2 Å². The first-order valence-electron chi connectivity index (χ1n) is 10.2. The summed E-state index contributed by atoms with van der Waals surface area (Å²) in [4.78, 5) is 15.6. The summed E-state index contributed by atoms with van der Waals surface area (Å²) >= 11 is 0. The number of aromatic nitrogens is 5. The van der Waals surface area contributed by atoms with E-state index in [2.05, 4.69) is 25.6 Å². The van der Waals surface area contributed by atoms with E-state index in [1.165, 1.54) is 18.5 Å². The molecule has 3 heterocycles. The molecule has 1 unspecified atom stereocenters. The molecule has 33 heavy (non-hydrogen) atoms. The van der Waals surface area contributed by atoms with Crippen LogP contribution in [0, 0.1) is 5.82 Å². The fourth-order valence-electron chi connectivity index (χ4n) is 3.55. The summed E-state index contributed by atoms with van der Waals surface area (Å²) in [5.74, 6) is 0.301. The normalized spacial score (nSPS) is 14.0. The van der Waals surface area contributed by atoms with Crippen LogP contribution >= 0.6 is 0 Å². The second-order valence-electron chi connectivity index (χ2n) is 7.37. The smallest absolute Gasteiger partial charge is 0.272 e. The minimum atomic E-state index is -0.457. The van der Waals surface area contributed by atoms with Crippen LogP contribution in [0.5, 0.6) is 5.75 Å². The van der Waals surface area contributed by atoms with Crippen LogP contribution in [-0.4, -0.2) is 38.1 Å². The van der Waals surface area contributed by atoms with Crippen molar-refractivity contribution in [2.75, 3.05) is 18.5 Å². The van der Waals surface area contributed by atoms with Crippen molar-refractivity contribution in [3.63, 3.8) is 0 Å². The number of rotatable bonds is 5. The minimum absolute atomic E-state index is 0. The van der Waals surface area contributed by atoms with Crippen LogP contribution in [0.1, 0.15) is 23.7 Å². The first-order chi connectivity index (χ1) is 15.5. The Hall–Kier alpha value is -3.10. The van der Waals surface area contributed by atoms with Crippen LogP contribution < -0.4 is 15.6 Å². The quantitative estimate of drug-likeness (QED) is 0.330. The predicted molar refractivity (Wildman–Crippen MR) is 119 cm³/mol. The second kappa shape index (κ2) is 11.2. The van der Waals surface area contributed by atoms with Crippen molar-refractivity contribution in [2.24, 2.45) is 7.05 Å². The molecule has 172 valence electrons. The number of benzene rings is 2. The molecule has 0 amide bonds. The van der Waals surface area contributed by atoms with Crippen LogP contribution in [0.15, 0.2) is 53.8 Å². The van der Waals surface area contributed by atoms with Crippen molar-refractivity contribution in [1.82, 2.24) is 25.0 Å². The topological polar surface area (TPSA) is 122 Å².